The van der Waals surface area contributed by atoms with E-state index in [1.54, 1.807) is 27.0 Å². The Morgan fingerprint density at radius 3 is 2.55 bits per heavy atom. The van der Waals surface area contributed by atoms with Crippen molar-refractivity contribution in [2.75, 3.05) is 10.6 Å². The number of halogens is 1. The van der Waals surface area contributed by atoms with Gasteiger partial charge in [-0.3, -0.25) is 5.32 Å². The van der Waals surface area contributed by atoms with Gasteiger partial charge in [0.1, 0.15) is 11.4 Å². The van der Waals surface area contributed by atoms with Crippen molar-refractivity contribution in [3.63, 3.8) is 0 Å². The van der Waals surface area contributed by atoms with Gasteiger partial charge in [0.05, 0.1) is 18.4 Å². The Bertz CT molecular complexity index is 1060. The topological polar surface area (TPSA) is 105 Å². The van der Waals surface area contributed by atoms with Crippen molar-refractivity contribution in [3.05, 3.63) is 66.4 Å². The Labute approximate surface area is 178 Å². The van der Waals surface area contributed by atoms with Gasteiger partial charge in [-0.2, -0.15) is 0 Å². The molecule has 3 N–H and O–H groups in total. The van der Waals surface area contributed by atoms with E-state index in [4.69, 9.17) is 9.15 Å². The second-order valence-electron chi connectivity index (χ2n) is 7.61. The summed E-state index contributed by atoms with van der Waals surface area (Å²) in [5, 5.41) is 7.49. The number of ether oxygens (including phenoxy) is 1. The average molecular weight is 426 g/mol. The molecule has 8 nitrogen and oxygen atoms in total. The van der Waals surface area contributed by atoms with Crippen molar-refractivity contribution >= 4 is 23.5 Å². The maximum atomic E-state index is 14.0. The summed E-state index contributed by atoms with van der Waals surface area (Å²) in [4.78, 5) is 28.2. The van der Waals surface area contributed by atoms with Crippen LogP contribution in [0.3, 0.4) is 0 Å². The van der Waals surface area contributed by atoms with E-state index in [0.29, 0.717) is 11.7 Å². The van der Waals surface area contributed by atoms with Crippen LogP contribution in [-0.2, 0) is 11.3 Å². The normalized spacial score (nSPS) is 11.0. The molecule has 0 saturated heterocycles. The highest BCUT2D eigenvalue weighted by Gasteiger charge is 2.18. The lowest BCUT2D eigenvalue weighted by Crippen LogP contribution is -2.29. The number of carbonyl (C=O) groups excluding carboxylic acids is 2. The van der Waals surface area contributed by atoms with Crippen molar-refractivity contribution in [1.29, 1.82) is 0 Å². The molecule has 3 aromatic rings. The Hall–Kier alpha value is -3.88. The maximum Gasteiger partial charge on any atom is 0.412 e. The smallest absolute Gasteiger partial charge is 0.412 e. The SMILES string of the molecule is CC(C)(C)OC(=O)Nc1cc(NC(=O)NCc2ncc(-c3ccccc3)o2)ccc1F. The molecule has 1 aromatic heterocycles. The molecule has 9 heteroatoms. The monoisotopic (exact) mass is 426 g/mol. The molecule has 0 spiro atoms. The predicted molar refractivity (Wildman–Crippen MR) is 114 cm³/mol. The van der Waals surface area contributed by atoms with Gasteiger partial charge >= 0.3 is 12.1 Å². The van der Waals surface area contributed by atoms with Gasteiger partial charge < -0.3 is 19.8 Å². The van der Waals surface area contributed by atoms with Gasteiger partial charge in [0.2, 0.25) is 5.89 Å². The fraction of sp³-hybridized carbons (Fsp3) is 0.227. The summed E-state index contributed by atoms with van der Waals surface area (Å²) in [5.41, 5.74) is 0.313. The number of oxazole rings is 1. The zero-order valence-corrected chi connectivity index (χ0v) is 17.4. The van der Waals surface area contributed by atoms with Crippen LogP contribution in [0.4, 0.5) is 25.4 Å². The first-order valence-corrected chi connectivity index (χ1v) is 9.54. The van der Waals surface area contributed by atoms with E-state index in [2.05, 4.69) is 20.9 Å². The molecule has 3 rings (SSSR count). The summed E-state index contributed by atoms with van der Waals surface area (Å²) in [6, 6.07) is 12.7. The van der Waals surface area contributed by atoms with Gasteiger partial charge in [0.25, 0.3) is 0 Å². The number of carbonyl (C=O) groups is 2. The van der Waals surface area contributed by atoms with Crippen LogP contribution in [0, 0.1) is 5.82 Å². The third-order valence-electron chi connectivity index (χ3n) is 3.87. The largest absolute Gasteiger partial charge is 0.444 e. The summed E-state index contributed by atoms with van der Waals surface area (Å²) in [6.07, 6.45) is 0.782. The number of aromatic nitrogens is 1. The predicted octanol–water partition coefficient (Wildman–Crippen LogP) is 5.15. The minimum Gasteiger partial charge on any atom is -0.444 e. The van der Waals surface area contributed by atoms with E-state index >= 15 is 0 Å². The molecule has 0 aliphatic carbocycles. The molecule has 0 atom stereocenters. The maximum absolute atomic E-state index is 14.0. The number of nitrogens with zero attached hydrogens (tertiary/aromatic N) is 1. The van der Waals surface area contributed by atoms with Crippen LogP contribution in [0.2, 0.25) is 0 Å². The number of rotatable bonds is 5. The molecule has 0 saturated carbocycles. The van der Waals surface area contributed by atoms with Crippen LogP contribution < -0.4 is 16.0 Å². The molecule has 0 unspecified atom stereocenters. The van der Waals surface area contributed by atoms with Crippen molar-refractivity contribution < 1.29 is 23.1 Å². The number of anilines is 2. The zero-order chi connectivity index (χ0) is 22.4. The molecule has 162 valence electrons. The average Bonchev–Trinajstić information content (AvgIpc) is 3.17. The van der Waals surface area contributed by atoms with Crippen molar-refractivity contribution in [3.8, 4) is 11.3 Å². The lowest BCUT2D eigenvalue weighted by molar-refractivity contribution is 0.0635. The number of urea groups is 1. The van der Waals surface area contributed by atoms with Crippen molar-refractivity contribution in [2.24, 2.45) is 0 Å². The molecule has 31 heavy (non-hydrogen) atoms. The molecular weight excluding hydrogens is 403 g/mol. The molecule has 2 aromatic carbocycles. The van der Waals surface area contributed by atoms with Crippen LogP contribution in [0.15, 0.2) is 59.1 Å². The lowest BCUT2D eigenvalue weighted by Gasteiger charge is -2.20. The summed E-state index contributed by atoms with van der Waals surface area (Å²) in [6.45, 7) is 5.15. The van der Waals surface area contributed by atoms with Crippen LogP contribution in [0.25, 0.3) is 11.3 Å². The van der Waals surface area contributed by atoms with Crippen LogP contribution >= 0.6 is 0 Å². The molecular formula is C22H23FN4O4. The van der Waals surface area contributed by atoms with Crippen LogP contribution in [0.5, 0.6) is 0 Å². The molecule has 0 aliphatic rings. The molecule has 1 heterocycles. The van der Waals surface area contributed by atoms with Gasteiger partial charge in [-0.1, -0.05) is 30.3 Å². The Morgan fingerprint density at radius 2 is 1.84 bits per heavy atom. The van der Waals surface area contributed by atoms with E-state index < -0.39 is 23.5 Å². The van der Waals surface area contributed by atoms with Crippen molar-refractivity contribution in [2.45, 2.75) is 32.9 Å². The Morgan fingerprint density at radius 1 is 1.10 bits per heavy atom. The van der Waals surface area contributed by atoms with Gasteiger partial charge in [-0.25, -0.2) is 19.0 Å². The Kier molecular flexibility index (Phi) is 6.54. The highest BCUT2D eigenvalue weighted by molar-refractivity contribution is 5.91. The molecule has 0 radical (unpaired) electrons. The fourth-order valence-corrected chi connectivity index (χ4v) is 2.57. The van der Waals surface area contributed by atoms with Crippen LogP contribution in [-0.4, -0.2) is 22.7 Å². The second kappa shape index (κ2) is 9.29. The van der Waals surface area contributed by atoms with Crippen LogP contribution in [0.1, 0.15) is 26.7 Å². The number of nitrogens with one attached hydrogen (secondary N) is 3. The van der Waals surface area contributed by atoms with Gasteiger partial charge in [0, 0.05) is 11.3 Å². The zero-order valence-electron chi connectivity index (χ0n) is 17.4. The van der Waals surface area contributed by atoms with Crippen molar-refractivity contribution in [1.82, 2.24) is 10.3 Å². The van der Waals surface area contributed by atoms with E-state index in [0.717, 1.165) is 11.6 Å². The van der Waals surface area contributed by atoms with E-state index in [1.807, 2.05) is 30.3 Å². The first kappa shape index (κ1) is 21.8. The van der Waals surface area contributed by atoms with E-state index in [-0.39, 0.29) is 17.9 Å². The van der Waals surface area contributed by atoms with Gasteiger partial charge in [-0.05, 0) is 39.0 Å². The lowest BCUT2D eigenvalue weighted by atomic mass is 10.2. The summed E-state index contributed by atoms with van der Waals surface area (Å²) < 4.78 is 24.7. The summed E-state index contributed by atoms with van der Waals surface area (Å²) in [5.74, 6) is 0.264. The third kappa shape index (κ3) is 6.56. The van der Waals surface area contributed by atoms with E-state index in [9.17, 15) is 14.0 Å². The second-order valence-corrected chi connectivity index (χ2v) is 7.61. The summed E-state index contributed by atoms with van der Waals surface area (Å²) in [7, 11) is 0. The third-order valence-corrected chi connectivity index (χ3v) is 3.87. The number of hydrogen-bond donors (Lipinski definition) is 3. The molecule has 3 amide bonds. The fourth-order valence-electron chi connectivity index (χ4n) is 2.57. The molecule has 0 bridgehead atoms. The Balaban J connectivity index is 1.56. The minimum atomic E-state index is -0.800. The highest BCUT2D eigenvalue weighted by atomic mass is 19.1. The number of benzene rings is 2. The van der Waals surface area contributed by atoms with Gasteiger partial charge in [-0.15, -0.1) is 0 Å². The quantitative estimate of drug-likeness (QED) is 0.523. The molecule has 0 fully saturated rings. The first-order chi connectivity index (χ1) is 14.7. The van der Waals surface area contributed by atoms with E-state index in [1.165, 1.54) is 12.1 Å². The highest BCUT2D eigenvalue weighted by Crippen LogP contribution is 2.21. The minimum absolute atomic E-state index is 0.0584. The summed E-state index contributed by atoms with van der Waals surface area (Å²) >= 11 is 0. The van der Waals surface area contributed by atoms with Gasteiger partial charge in [0.15, 0.2) is 5.76 Å². The number of hydrogen-bond acceptors (Lipinski definition) is 5. The number of amides is 3. The standard InChI is InChI=1S/C22H23FN4O4/c1-22(2,3)31-21(29)27-17-11-15(9-10-16(17)23)26-20(28)25-13-19-24-12-18(30-19)14-7-5-4-6-8-14/h4-12H,13H2,1-3H3,(H,27,29)(H2,25,26,28). The first-order valence-electron chi connectivity index (χ1n) is 9.54. The molecule has 0 aliphatic heterocycles.